The van der Waals surface area contributed by atoms with Crippen LogP contribution in [0.2, 0.25) is 0 Å². The highest BCUT2D eigenvalue weighted by molar-refractivity contribution is 7.89. The third kappa shape index (κ3) is 5.33. The fraction of sp³-hybridized carbons (Fsp3) is 0.136. The number of benzene rings is 2. The van der Waals surface area contributed by atoms with Crippen molar-refractivity contribution in [1.29, 1.82) is 0 Å². The predicted molar refractivity (Wildman–Crippen MR) is 123 cm³/mol. The van der Waals surface area contributed by atoms with E-state index in [1.165, 1.54) is 40.3 Å². The molecule has 33 heavy (non-hydrogen) atoms. The van der Waals surface area contributed by atoms with Crippen LogP contribution in [0.5, 0.6) is 0 Å². The molecule has 0 spiro atoms. The molecule has 0 aliphatic carbocycles. The van der Waals surface area contributed by atoms with E-state index in [4.69, 9.17) is 0 Å². The Bertz CT molecular complexity index is 1370. The van der Waals surface area contributed by atoms with Crippen LogP contribution in [0, 0.1) is 12.7 Å². The van der Waals surface area contributed by atoms with Crippen molar-refractivity contribution in [2.24, 2.45) is 0 Å². The van der Waals surface area contributed by atoms with Crippen LogP contribution in [0.25, 0.3) is 16.4 Å². The fourth-order valence-electron chi connectivity index (χ4n) is 3.00. The van der Waals surface area contributed by atoms with Crippen molar-refractivity contribution in [3.8, 4) is 16.4 Å². The van der Waals surface area contributed by atoms with Crippen LogP contribution in [-0.2, 0) is 10.0 Å². The summed E-state index contributed by atoms with van der Waals surface area (Å²) in [5.41, 5.74) is 1.38. The molecule has 170 valence electrons. The first-order valence-electron chi connectivity index (χ1n) is 9.95. The Labute approximate surface area is 194 Å². The second-order valence-corrected chi connectivity index (χ2v) is 9.81. The highest BCUT2D eigenvalue weighted by Crippen LogP contribution is 2.25. The Morgan fingerprint density at radius 3 is 2.58 bits per heavy atom. The van der Waals surface area contributed by atoms with Crippen LogP contribution in [-0.4, -0.2) is 42.2 Å². The Kier molecular flexibility index (Phi) is 6.63. The van der Waals surface area contributed by atoms with E-state index in [2.05, 4.69) is 20.1 Å². The first-order valence-corrected chi connectivity index (χ1v) is 12.3. The van der Waals surface area contributed by atoms with E-state index in [-0.39, 0.29) is 23.8 Å². The normalized spacial score (nSPS) is 11.5. The maximum absolute atomic E-state index is 13.7. The van der Waals surface area contributed by atoms with Crippen LogP contribution in [0.4, 0.5) is 4.39 Å². The first-order chi connectivity index (χ1) is 15.8. The molecule has 2 heterocycles. The van der Waals surface area contributed by atoms with Crippen molar-refractivity contribution >= 4 is 27.3 Å². The number of aryl methyl sites for hydroxylation is 1. The second kappa shape index (κ2) is 9.61. The minimum atomic E-state index is -3.68. The summed E-state index contributed by atoms with van der Waals surface area (Å²) in [4.78, 5) is 17.9. The van der Waals surface area contributed by atoms with Gasteiger partial charge in [-0.2, -0.15) is 0 Å². The lowest BCUT2D eigenvalue weighted by atomic mass is 10.2. The third-order valence-corrected chi connectivity index (χ3v) is 6.98. The lowest BCUT2D eigenvalue weighted by molar-refractivity contribution is 0.0944. The molecule has 11 heteroatoms. The lowest BCUT2D eigenvalue weighted by Gasteiger charge is -2.07. The molecule has 8 nitrogen and oxygen atoms in total. The van der Waals surface area contributed by atoms with Crippen LogP contribution in [0.15, 0.2) is 70.9 Å². The Morgan fingerprint density at radius 2 is 1.88 bits per heavy atom. The lowest BCUT2D eigenvalue weighted by Crippen LogP contribution is -2.35. The fourth-order valence-corrected chi connectivity index (χ4v) is 4.73. The molecule has 0 saturated heterocycles. The summed E-state index contributed by atoms with van der Waals surface area (Å²) >= 11 is 1.41. The number of nitrogens with zero attached hydrogens (tertiary/aromatic N) is 3. The van der Waals surface area contributed by atoms with E-state index in [0.717, 1.165) is 10.4 Å². The number of amides is 1. The number of sulfonamides is 1. The third-order valence-electron chi connectivity index (χ3n) is 4.64. The Morgan fingerprint density at radius 1 is 1.09 bits per heavy atom. The highest BCUT2D eigenvalue weighted by Gasteiger charge is 2.20. The van der Waals surface area contributed by atoms with Gasteiger partial charge in [0.25, 0.3) is 5.91 Å². The van der Waals surface area contributed by atoms with E-state index < -0.39 is 21.7 Å². The summed E-state index contributed by atoms with van der Waals surface area (Å²) in [5, 5.41) is 8.72. The zero-order valence-electron chi connectivity index (χ0n) is 17.5. The van der Waals surface area contributed by atoms with Gasteiger partial charge in [0.1, 0.15) is 5.82 Å². The average Bonchev–Trinajstić information content (AvgIpc) is 3.47. The number of rotatable bonds is 8. The number of thiophene rings is 1. The molecule has 4 rings (SSSR count). The molecule has 2 aromatic carbocycles. The molecule has 0 aliphatic heterocycles. The van der Waals surface area contributed by atoms with E-state index in [1.54, 1.807) is 24.3 Å². The smallest absolute Gasteiger partial charge is 0.291 e. The van der Waals surface area contributed by atoms with Crippen molar-refractivity contribution in [2.75, 3.05) is 13.1 Å². The number of aromatic nitrogens is 3. The van der Waals surface area contributed by atoms with Crippen molar-refractivity contribution in [3.63, 3.8) is 0 Å². The minimum Gasteiger partial charge on any atom is -0.348 e. The van der Waals surface area contributed by atoms with Gasteiger partial charge in [-0.3, -0.25) is 4.79 Å². The molecule has 2 aromatic heterocycles. The molecule has 0 fully saturated rings. The molecular weight excluding hydrogens is 465 g/mol. The summed E-state index contributed by atoms with van der Waals surface area (Å²) < 4.78 is 42.3. The van der Waals surface area contributed by atoms with Gasteiger partial charge in [-0.1, -0.05) is 29.8 Å². The van der Waals surface area contributed by atoms with Crippen LogP contribution < -0.4 is 10.0 Å². The number of nitrogens with one attached hydrogen (secondary N) is 2. The van der Waals surface area contributed by atoms with Gasteiger partial charge < -0.3 is 5.32 Å². The van der Waals surface area contributed by atoms with Gasteiger partial charge >= 0.3 is 0 Å². The Balaban J connectivity index is 1.45. The number of carbonyl (C=O) groups is 1. The maximum Gasteiger partial charge on any atom is 0.291 e. The van der Waals surface area contributed by atoms with Gasteiger partial charge in [0.2, 0.25) is 15.8 Å². The summed E-state index contributed by atoms with van der Waals surface area (Å²) in [6.07, 6.45) is 0. The molecule has 0 saturated carbocycles. The van der Waals surface area contributed by atoms with Gasteiger partial charge in [-0.05, 0) is 48.7 Å². The monoisotopic (exact) mass is 485 g/mol. The molecule has 0 aliphatic rings. The van der Waals surface area contributed by atoms with E-state index in [9.17, 15) is 17.6 Å². The number of hydrogen-bond donors (Lipinski definition) is 2. The quantitative estimate of drug-likeness (QED) is 0.373. The molecule has 2 N–H and O–H groups in total. The highest BCUT2D eigenvalue weighted by atomic mass is 32.2. The van der Waals surface area contributed by atoms with Gasteiger partial charge in [0.15, 0.2) is 5.82 Å². The summed E-state index contributed by atoms with van der Waals surface area (Å²) in [6.45, 7) is 1.89. The maximum atomic E-state index is 13.7. The number of carbonyl (C=O) groups excluding carboxylic acids is 1. The number of halogens is 1. The second-order valence-electron chi connectivity index (χ2n) is 7.09. The largest absolute Gasteiger partial charge is 0.348 e. The Hall–Kier alpha value is -3.41. The van der Waals surface area contributed by atoms with Crippen molar-refractivity contribution in [2.45, 2.75) is 11.8 Å². The van der Waals surface area contributed by atoms with Crippen molar-refractivity contribution < 1.29 is 17.6 Å². The summed E-state index contributed by atoms with van der Waals surface area (Å²) in [5.74, 6) is -0.714. The van der Waals surface area contributed by atoms with E-state index >= 15 is 0 Å². The number of hydrogen-bond acceptors (Lipinski definition) is 6. The van der Waals surface area contributed by atoms with Gasteiger partial charge in [-0.15, -0.1) is 16.4 Å². The molecule has 0 unspecified atom stereocenters. The van der Waals surface area contributed by atoms with Crippen LogP contribution in [0.1, 0.15) is 16.2 Å². The zero-order chi connectivity index (χ0) is 23.4. The van der Waals surface area contributed by atoms with Crippen LogP contribution >= 0.6 is 11.3 Å². The van der Waals surface area contributed by atoms with Crippen LogP contribution in [0.3, 0.4) is 0 Å². The van der Waals surface area contributed by atoms with Gasteiger partial charge in [0, 0.05) is 13.1 Å². The van der Waals surface area contributed by atoms with Gasteiger partial charge in [-0.25, -0.2) is 27.2 Å². The topological polar surface area (TPSA) is 106 Å². The van der Waals surface area contributed by atoms with Gasteiger partial charge in [0.05, 0.1) is 15.5 Å². The molecular formula is C22H20FN5O3S2. The SMILES string of the molecule is Cc1ccc(S(=O)(=O)NCCNC(=O)c2nc(-c3cccs3)n(-c3cccc(F)c3)n2)cc1. The molecule has 0 radical (unpaired) electrons. The zero-order valence-corrected chi connectivity index (χ0v) is 19.2. The first kappa shape index (κ1) is 22.8. The molecule has 0 atom stereocenters. The molecule has 1 amide bonds. The standard InChI is InChI=1S/C22H20FN5O3S2/c1-15-7-9-18(10-8-15)33(30,31)25-12-11-24-22(29)20-26-21(19-6-3-13-32-19)28(27-20)17-5-2-4-16(23)14-17/h2-10,13-14,25H,11-12H2,1H3,(H,24,29). The van der Waals surface area contributed by atoms with Crippen molar-refractivity contribution in [3.05, 3.63) is 83.2 Å². The van der Waals surface area contributed by atoms with E-state index in [0.29, 0.717) is 11.5 Å². The summed E-state index contributed by atoms with van der Waals surface area (Å²) in [7, 11) is -3.68. The minimum absolute atomic E-state index is 0.00959. The average molecular weight is 486 g/mol. The molecule has 0 bridgehead atoms. The summed E-state index contributed by atoms with van der Waals surface area (Å²) in [6, 6.07) is 15.9. The molecule has 4 aromatic rings. The predicted octanol–water partition coefficient (Wildman–Crippen LogP) is 3.15. The van der Waals surface area contributed by atoms with E-state index in [1.807, 2.05) is 24.4 Å². The van der Waals surface area contributed by atoms with Crippen molar-refractivity contribution in [1.82, 2.24) is 24.8 Å².